The van der Waals surface area contributed by atoms with Gasteiger partial charge >= 0.3 is 0 Å². The Morgan fingerprint density at radius 3 is 2.83 bits per heavy atom. The van der Waals surface area contributed by atoms with Crippen molar-refractivity contribution in [2.75, 3.05) is 13.2 Å². The van der Waals surface area contributed by atoms with E-state index in [2.05, 4.69) is 13.0 Å². The molecule has 1 aromatic heterocycles. The van der Waals surface area contributed by atoms with Gasteiger partial charge < -0.3 is 9.15 Å². The van der Waals surface area contributed by atoms with Crippen molar-refractivity contribution in [3.63, 3.8) is 0 Å². The summed E-state index contributed by atoms with van der Waals surface area (Å²) in [5.74, 6) is -0.356. The Morgan fingerprint density at radius 1 is 1.17 bits per heavy atom. The second-order valence-electron chi connectivity index (χ2n) is 6.54. The van der Waals surface area contributed by atoms with Gasteiger partial charge in [0.25, 0.3) is 0 Å². The fourth-order valence-electron chi connectivity index (χ4n) is 3.50. The number of fused-ring (bicyclic) bond motifs is 1. The van der Waals surface area contributed by atoms with Gasteiger partial charge in [-0.25, -0.2) is 0 Å². The molecule has 2 aromatic rings. The molecule has 2 atom stereocenters. The van der Waals surface area contributed by atoms with Gasteiger partial charge in [0.1, 0.15) is 17.1 Å². The minimum absolute atomic E-state index is 0.0445. The van der Waals surface area contributed by atoms with Crippen molar-refractivity contribution in [1.29, 1.82) is 0 Å². The van der Waals surface area contributed by atoms with Crippen molar-refractivity contribution in [2.24, 2.45) is 11.8 Å². The largest absolute Gasteiger partial charge is 0.464 e. The normalized spacial score (nSPS) is 21.0. The van der Waals surface area contributed by atoms with E-state index >= 15 is 0 Å². The van der Waals surface area contributed by atoms with E-state index in [0.717, 1.165) is 30.2 Å². The molecule has 0 amide bonds. The summed E-state index contributed by atoms with van der Waals surface area (Å²) in [5, 5.41) is 1.09. The Labute approximate surface area is 142 Å². The number of aryl methyl sites for hydroxylation is 1. The number of hydrogen-bond acceptors (Lipinski definition) is 4. The van der Waals surface area contributed by atoms with Gasteiger partial charge in [-0.05, 0) is 37.0 Å². The first-order valence-corrected chi connectivity index (χ1v) is 8.79. The van der Waals surface area contributed by atoms with Crippen molar-refractivity contribution in [3.05, 3.63) is 36.1 Å². The number of hydrogen-bond donors (Lipinski definition) is 0. The van der Waals surface area contributed by atoms with Crippen LogP contribution in [0, 0.1) is 11.8 Å². The Kier molecular flexibility index (Phi) is 5.46. The van der Waals surface area contributed by atoms with Crippen LogP contribution >= 0.6 is 0 Å². The van der Waals surface area contributed by atoms with Gasteiger partial charge in [-0.2, -0.15) is 0 Å². The van der Waals surface area contributed by atoms with Crippen LogP contribution in [0.3, 0.4) is 0 Å². The number of carbonyl (C=O) groups excluding carboxylic acids is 2. The van der Waals surface area contributed by atoms with E-state index in [1.165, 1.54) is 5.56 Å². The molecule has 0 spiro atoms. The maximum absolute atomic E-state index is 12.2. The number of rotatable bonds is 8. The summed E-state index contributed by atoms with van der Waals surface area (Å²) in [6.07, 6.45) is 5.27. The van der Waals surface area contributed by atoms with Crippen molar-refractivity contribution >= 4 is 22.5 Å². The van der Waals surface area contributed by atoms with Gasteiger partial charge in [-0.1, -0.05) is 25.5 Å². The van der Waals surface area contributed by atoms with Crippen LogP contribution in [0.1, 0.15) is 38.2 Å². The maximum atomic E-state index is 12.2. The van der Waals surface area contributed by atoms with Crippen molar-refractivity contribution in [2.45, 2.75) is 39.0 Å². The zero-order valence-corrected chi connectivity index (χ0v) is 14.1. The maximum Gasteiger partial charge on any atom is 0.146 e. The Balaban J connectivity index is 1.64. The third kappa shape index (κ3) is 3.59. The summed E-state index contributed by atoms with van der Waals surface area (Å²) in [5.41, 5.74) is 2.03. The van der Waals surface area contributed by atoms with Crippen molar-refractivity contribution < 1.29 is 18.7 Å². The number of ether oxygens (including phenoxy) is 1. The fraction of sp³-hybridized carbons (Fsp3) is 0.500. The fourth-order valence-corrected chi connectivity index (χ4v) is 3.50. The van der Waals surface area contributed by atoms with Crippen LogP contribution in [0.15, 0.2) is 34.9 Å². The Morgan fingerprint density at radius 2 is 2.00 bits per heavy atom. The molecule has 0 unspecified atom stereocenters. The number of furan rings is 1. The highest BCUT2D eigenvalue weighted by Crippen LogP contribution is 2.31. The van der Waals surface area contributed by atoms with Crippen molar-refractivity contribution in [1.82, 2.24) is 0 Å². The molecular weight excluding hydrogens is 304 g/mol. The topological polar surface area (TPSA) is 56.5 Å². The average molecular weight is 328 g/mol. The predicted molar refractivity (Wildman–Crippen MR) is 91.9 cm³/mol. The van der Waals surface area contributed by atoms with E-state index in [-0.39, 0.29) is 29.8 Å². The molecular formula is C20H24O4. The monoisotopic (exact) mass is 328 g/mol. The standard InChI is InChI=1S/C20H24O4/c1-2-3-10-23-13-17-16(18(21)12-19(17)22)8-7-14-5-4-6-20-15(14)9-11-24-20/h4-6,9,11,16-17H,2-3,7-8,10,12-13H2,1H3/t16-,17-/m1/s1. The second kappa shape index (κ2) is 7.75. The van der Waals surface area contributed by atoms with Crippen LogP contribution in [0.25, 0.3) is 11.0 Å². The van der Waals surface area contributed by atoms with Gasteiger partial charge in [-0.3, -0.25) is 9.59 Å². The van der Waals surface area contributed by atoms with Gasteiger partial charge in [0.15, 0.2) is 0 Å². The summed E-state index contributed by atoms with van der Waals surface area (Å²) in [6.45, 7) is 3.15. The van der Waals surface area contributed by atoms with Crippen LogP contribution < -0.4 is 0 Å². The number of Topliss-reactive ketones (excluding diaryl/α,β-unsaturated/α-hetero) is 2. The Hall–Kier alpha value is -1.94. The minimum Gasteiger partial charge on any atom is -0.464 e. The lowest BCUT2D eigenvalue weighted by Crippen LogP contribution is -2.24. The SMILES string of the molecule is CCCCOC[C@H]1C(=O)CC(=O)[C@@H]1CCc1cccc2occc12. The predicted octanol–water partition coefficient (Wildman–Crippen LogP) is 3.96. The number of unbranched alkanes of at least 4 members (excludes halogenated alkanes) is 1. The third-order valence-electron chi connectivity index (χ3n) is 4.91. The molecule has 1 aliphatic rings. The molecule has 4 heteroatoms. The molecule has 1 fully saturated rings. The van der Waals surface area contributed by atoms with E-state index in [0.29, 0.717) is 19.6 Å². The second-order valence-corrected chi connectivity index (χ2v) is 6.54. The van der Waals surface area contributed by atoms with Crippen LogP contribution in [0.4, 0.5) is 0 Å². The quantitative estimate of drug-likeness (QED) is 0.544. The molecule has 1 saturated carbocycles. The third-order valence-corrected chi connectivity index (χ3v) is 4.91. The lowest BCUT2D eigenvalue weighted by molar-refractivity contribution is -0.123. The highest BCUT2D eigenvalue weighted by molar-refractivity contribution is 6.08. The van der Waals surface area contributed by atoms with Crippen molar-refractivity contribution in [3.8, 4) is 0 Å². The summed E-state index contributed by atoms with van der Waals surface area (Å²) >= 11 is 0. The van der Waals surface area contributed by atoms with E-state index < -0.39 is 0 Å². The summed E-state index contributed by atoms with van der Waals surface area (Å²) in [6, 6.07) is 7.92. The van der Waals surface area contributed by atoms with Crippen LogP contribution in [0.5, 0.6) is 0 Å². The molecule has 0 aliphatic heterocycles. The Bertz CT molecular complexity index is 715. The van der Waals surface area contributed by atoms with Gasteiger partial charge in [-0.15, -0.1) is 0 Å². The number of ketones is 2. The van der Waals surface area contributed by atoms with E-state index in [9.17, 15) is 9.59 Å². The molecule has 0 bridgehead atoms. The first kappa shape index (κ1) is 16.9. The molecule has 0 radical (unpaired) electrons. The first-order valence-electron chi connectivity index (χ1n) is 8.79. The molecule has 24 heavy (non-hydrogen) atoms. The van der Waals surface area contributed by atoms with Crippen LogP contribution in [-0.2, 0) is 20.7 Å². The zero-order valence-electron chi connectivity index (χ0n) is 14.1. The lowest BCUT2D eigenvalue weighted by Gasteiger charge is -2.17. The highest BCUT2D eigenvalue weighted by Gasteiger charge is 2.40. The van der Waals surface area contributed by atoms with Gasteiger partial charge in [0.05, 0.1) is 25.2 Å². The molecule has 1 aliphatic carbocycles. The van der Waals surface area contributed by atoms with E-state index in [4.69, 9.17) is 9.15 Å². The van der Waals surface area contributed by atoms with E-state index in [1.807, 2.05) is 18.2 Å². The molecule has 4 nitrogen and oxygen atoms in total. The van der Waals surface area contributed by atoms with Crippen LogP contribution in [0.2, 0.25) is 0 Å². The van der Waals surface area contributed by atoms with Gasteiger partial charge in [0, 0.05) is 17.9 Å². The smallest absolute Gasteiger partial charge is 0.146 e. The number of benzene rings is 1. The molecule has 128 valence electrons. The van der Waals surface area contributed by atoms with E-state index in [1.54, 1.807) is 6.26 Å². The molecule has 3 rings (SSSR count). The highest BCUT2D eigenvalue weighted by atomic mass is 16.5. The average Bonchev–Trinajstić information content (AvgIpc) is 3.15. The summed E-state index contributed by atoms with van der Waals surface area (Å²) in [7, 11) is 0. The lowest BCUT2D eigenvalue weighted by atomic mass is 9.89. The molecule has 0 saturated heterocycles. The first-order chi connectivity index (χ1) is 11.7. The van der Waals surface area contributed by atoms with Crippen LogP contribution in [-0.4, -0.2) is 24.8 Å². The number of carbonyl (C=O) groups is 2. The summed E-state index contributed by atoms with van der Waals surface area (Å²) < 4.78 is 11.1. The zero-order chi connectivity index (χ0) is 16.9. The molecule has 1 heterocycles. The molecule has 1 aromatic carbocycles. The molecule has 0 N–H and O–H groups in total. The van der Waals surface area contributed by atoms with Gasteiger partial charge in [0.2, 0.25) is 0 Å². The minimum atomic E-state index is -0.266. The summed E-state index contributed by atoms with van der Waals surface area (Å²) in [4.78, 5) is 24.3.